The fourth-order valence-electron chi connectivity index (χ4n) is 3.17. The second-order valence-corrected chi connectivity index (χ2v) is 8.07. The van der Waals surface area contributed by atoms with Gasteiger partial charge in [0.1, 0.15) is 0 Å². The molecule has 3 nitrogen and oxygen atoms in total. The molecule has 1 atom stereocenters. The summed E-state index contributed by atoms with van der Waals surface area (Å²) in [6.07, 6.45) is 4.36. The standard InChI is InChI=1S/C20H26N2OS/c1-14-4-9-17-18(13-24-19(17)12-14)20(23)21-16-7-5-15(6-8-16)10-11-22(2)3/h5-8,13-14H,4,9-12H2,1-3H3,(H,21,23). The van der Waals surface area contributed by atoms with Crippen molar-refractivity contribution in [1.29, 1.82) is 0 Å². The van der Waals surface area contributed by atoms with Crippen molar-refractivity contribution in [3.05, 3.63) is 51.2 Å². The molecule has 1 unspecified atom stereocenters. The molecule has 4 heteroatoms. The minimum Gasteiger partial charge on any atom is -0.322 e. The van der Waals surface area contributed by atoms with Crippen LogP contribution in [0.3, 0.4) is 0 Å². The predicted octanol–water partition coefficient (Wildman–Crippen LogP) is 4.23. The second-order valence-electron chi connectivity index (χ2n) is 7.10. The SMILES string of the molecule is CC1CCc2c(C(=O)Nc3ccc(CCN(C)C)cc3)csc2C1. The Hall–Kier alpha value is -1.65. The van der Waals surface area contributed by atoms with Crippen LogP contribution in [0, 0.1) is 5.92 Å². The van der Waals surface area contributed by atoms with Crippen molar-refractivity contribution >= 4 is 22.9 Å². The topological polar surface area (TPSA) is 32.3 Å². The number of nitrogens with one attached hydrogen (secondary N) is 1. The van der Waals surface area contributed by atoms with E-state index in [9.17, 15) is 4.79 Å². The van der Waals surface area contributed by atoms with E-state index in [2.05, 4.69) is 43.4 Å². The van der Waals surface area contributed by atoms with E-state index in [-0.39, 0.29) is 5.91 Å². The van der Waals surface area contributed by atoms with Gasteiger partial charge in [0.2, 0.25) is 0 Å². The molecule has 2 aromatic rings. The summed E-state index contributed by atoms with van der Waals surface area (Å²) < 4.78 is 0. The van der Waals surface area contributed by atoms with E-state index in [1.54, 1.807) is 11.3 Å². The van der Waals surface area contributed by atoms with Crippen molar-refractivity contribution in [3.8, 4) is 0 Å². The van der Waals surface area contributed by atoms with Crippen LogP contribution in [0.1, 0.15) is 39.7 Å². The van der Waals surface area contributed by atoms with Crippen molar-refractivity contribution in [2.75, 3.05) is 26.0 Å². The fraction of sp³-hybridized carbons (Fsp3) is 0.450. The highest BCUT2D eigenvalue weighted by molar-refractivity contribution is 7.10. The molecule has 0 saturated carbocycles. The Balaban J connectivity index is 1.65. The zero-order valence-electron chi connectivity index (χ0n) is 14.8. The molecule has 0 radical (unpaired) electrons. The maximum Gasteiger partial charge on any atom is 0.256 e. The van der Waals surface area contributed by atoms with Gasteiger partial charge in [0.25, 0.3) is 5.91 Å². The highest BCUT2D eigenvalue weighted by Gasteiger charge is 2.23. The van der Waals surface area contributed by atoms with Gasteiger partial charge in [-0.3, -0.25) is 4.79 Å². The average Bonchev–Trinajstić information content (AvgIpc) is 2.97. The molecule has 1 aliphatic rings. The molecular weight excluding hydrogens is 316 g/mol. The van der Waals surface area contributed by atoms with Crippen LogP contribution in [0.25, 0.3) is 0 Å². The minimum atomic E-state index is 0.0306. The molecule has 1 heterocycles. The third-order valence-corrected chi connectivity index (χ3v) is 5.76. The average molecular weight is 343 g/mol. The third-order valence-electron chi connectivity index (χ3n) is 4.71. The highest BCUT2D eigenvalue weighted by Crippen LogP contribution is 2.33. The number of fused-ring (bicyclic) bond motifs is 1. The lowest BCUT2D eigenvalue weighted by Crippen LogP contribution is -2.16. The van der Waals surface area contributed by atoms with Crippen molar-refractivity contribution in [1.82, 2.24) is 4.90 Å². The molecule has 0 aliphatic heterocycles. The molecule has 1 aromatic heterocycles. The van der Waals surface area contributed by atoms with Crippen molar-refractivity contribution in [3.63, 3.8) is 0 Å². The van der Waals surface area contributed by atoms with Crippen LogP contribution < -0.4 is 5.32 Å². The first-order valence-electron chi connectivity index (χ1n) is 8.67. The molecule has 1 aliphatic carbocycles. The molecular formula is C20H26N2OS. The van der Waals surface area contributed by atoms with E-state index < -0.39 is 0 Å². The van der Waals surface area contributed by atoms with Gasteiger partial charge in [-0.05, 0) is 69.0 Å². The molecule has 1 N–H and O–H groups in total. The molecule has 0 spiro atoms. The fourth-order valence-corrected chi connectivity index (χ4v) is 4.42. The minimum absolute atomic E-state index is 0.0306. The summed E-state index contributed by atoms with van der Waals surface area (Å²) >= 11 is 1.74. The number of benzene rings is 1. The van der Waals surface area contributed by atoms with E-state index in [1.165, 1.54) is 22.4 Å². The van der Waals surface area contributed by atoms with Crippen LogP contribution in [0.4, 0.5) is 5.69 Å². The molecule has 128 valence electrons. The first kappa shape index (κ1) is 17.2. The summed E-state index contributed by atoms with van der Waals surface area (Å²) in [7, 11) is 4.16. The molecule has 0 fully saturated rings. The number of likely N-dealkylation sites (N-methyl/N-ethyl adjacent to an activating group) is 1. The Morgan fingerprint density at radius 1 is 1.29 bits per heavy atom. The molecule has 0 saturated heterocycles. The van der Waals surface area contributed by atoms with Gasteiger partial charge in [-0.25, -0.2) is 0 Å². The van der Waals surface area contributed by atoms with Crippen LogP contribution in [0.15, 0.2) is 29.6 Å². The number of anilines is 1. The summed E-state index contributed by atoms with van der Waals surface area (Å²) in [6, 6.07) is 8.21. The zero-order chi connectivity index (χ0) is 17.1. The third kappa shape index (κ3) is 4.05. The van der Waals surface area contributed by atoms with Crippen LogP contribution in [-0.2, 0) is 19.3 Å². The predicted molar refractivity (Wildman–Crippen MR) is 102 cm³/mol. The van der Waals surface area contributed by atoms with Gasteiger partial charge in [-0.1, -0.05) is 19.1 Å². The lowest BCUT2D eigenvalue weighted by atomic mass is 9.88. The van der Waals surface area contributed by atoms with E-state index in [0.29, 0.717) is 0 Å². The smallest absolute Gasteiger partial charge is 0.256 e. The molecule has 24 heavy (non-hydrogen) atoms. The van der Waals surface area contributed by atoms with Gasteiger partial charge >= 0.3 is 0 Å². The number of hydrogen-bond donors (Lipinski definition) is 1. The lowest BCUT2D eigenvalue weighted by Gasteiger charge is -2.18. The van der Waals surface area contributed by atoms with Gasteiger partial charge in [-0.2, -0.15) is 0 Å². The second kappa shape index (κ2) is 7.49. The van der Waals surface area contributed by atoms with Crippen molar-refractivity contribution in [2.45, 2.75) is 32.6 Å². The summed E-state index contributed by atoms with van der Waals surface area (Å²) in [5.41, 5.74) is 4.32. The van der Waals surface area contributed by atoms with Gasteiger partial charge in [0, 0.05) is 22.5 Å². The van der Waals surface area contributed by atoms with Crippen LogP contribution in [0.5, 0.6) is 0 Å². The van der Waals surface area contributed by atoms with Gasteiger partial charge < -0.3 is 10.2 Å². The Morgan fingerprint density at radius 2 is 2.04 bits per heavy atom. The molecule has 3 rings (SSSR count). The highest BCUT2D eigenvalue weighted by atomic mass is 32.1. The van der Waals surface area contributed by atoms with Crippen LogP contribution >= 0.6 is 11.3 Å². The molecule has 0 bridgehead atoms. The van der Waals surface area contributed by atoms with Crippen molar-refractivity contribution < 1.29 is 4.79 Å². The van der Waals surface area contributed by atoms with E-state index in [1.807, 2.05) is 17.5 Å². The Bertz CT molecular complexity index is 703. The number of nitrogens with zero attached hydrogens (tertiary/aromatic N) is 1. The number of hydrogen-bond acceptors (Lipinski definition) is 3. The monoisotopic (exact) mass is 342 g/mol. The summed E-state index contributed by atoms with van der Waals surface area (Å²) in [6.45, 7) is 3.32. The first-order chi connectivity index (χ1) is 11.5. The van der Waals surface area contributed by atoms with Crippen LogP contribution in [0.2, 0.25) is 0 Å². The molecule has 1 amide bonds. The number of rotatable bonds is 5. The maximum atomic E-state index is 12.6. The van der Waals surface area contributed by atoms with Crippen molar-refractivity contribution in [2.24, 2.45) is 5.92 Å². The van der Waals surface area contributed by atoms with E-state index >= 15 is 0 Å². The number of carbonyl (C=O) groups is 1. The zero-order valence-corrected chi connectivity index (χ0v) is 15.6. The Labute approximate surface area is 148 Å². The molecule has 1 aromatic carbocycles. The summed E-state index contributed by atoms with van der Waals surface area (Å²) in [5, 5.41) is 5.09. The van der Waals surface area contributed by atoms with E-state index in [0.717, 1.165) is 43.0 Å². The maximum absolute atomic E-state index is 12.6. The van der Waals surface area contributed by atoms with Gasteiger partial charge in [0.15, 0.2) is 0 Å². The van der Waals surface area contributed by atoms with Crippen LogP contribution in [-0.4, -0.2) is 31.4 Å². The Morgan fingerprint density at radius 3 is 2.75 bits per heavy atom. The number of thiophene rings is 1. The van der Waals surface area contributed by atoms with Gasteiger partial charge in [-0.15, -0.1) is 11.3 Å². The summed E-state index contributed by atoms with van der Waals surface area (Å²) in [5.74, 6) is 0.768. The first-order valence-corrected chi connectivity index (χ1v) is 9.55. The number of carbonyl (C=O) groups excluding carboxylic acids is 1. The number of amides is 1. The quantitative estimate of drug-likeness (QED) is 0.882. The lowest BCUT2D eigenvalue weighted by molar-refractivity contribution is 0.102. The van der Waals surface area contributed by atoms with E-state index in [4.69, 9.17) is 0 Å². The van der Waals surface area contributed by atoms with Gasteiger partial charge in [0.05, 0.1) is 5.56 Å². The normalized spacial score (nSPS) is 16.9. The summed E-state index contributed by atoms with van der Waals surface area (Å²) in [4.78, 5) is 16.2. The Kier molecular flexibility index (Phi) is 5.36. The largest absolute Gasteiger partial charge is 0.322 e.